The Balaban J connectivity index is 1.09. The van der Waals surface area contributed by atoms with Crippen LogP contribution in [-0.2, 0) is 10.2 Å². The van der Waals surface area contributed by atoms with E-state index in [0.717, 1.165) is 30.3 Å². The summed E-state index contributed by atoms with van der Waals surface area (Å²) in [4.78, 5) is 51.1. The Morgan fingerprint density at radius 1 is 1.12 bits per heavy atom. The third kappa shape index (κ3) is 5.30. The molecule has 1 saturated carbocycles. The fraction of sp³-hybridized carbons (Fsp3) is 0.387. The Hall–Kier alpha value is -4.12. The number of methoxy groups -OCH3 is 1. The van der Waals surface area contributed by atoms with Gasteiger partial charge in [-0.25, -0.2) is 13.8 Å². The van der Waals surface area contributed by atoms with Gasteiger partial charge in [-0.2, -0.15) is 0 Å². The lowest BCUT2D eigenvalue weighted by Gasteiger charge is -2.47. The second kappa shape index (κ2) is 11.5. The zero-order valence-corrected chi connectivity index (χ0v) is 24.2. The van der Waals surface area contributed by atoms with Crippen molar-refractivity contribution < 1.29 is 27.9 Å². The number of benzene rings is 1. The molecular formula is C31H30ClF2N5O4. The molecule has 1 aromatic carbocycles. The van der Waals surface area contributed by atoms with Crippen LogP contribution in [0.25, 0.3) is 0 Å². The summed E-state index contributed by atoms with van der Waals surface area (Å²) in [5, 5.41) is 2.98. The Kier molecular flexibility index (Phi) is 7.76. The van der Waals surface area contributed by atoms with Crippen LogP contribution in [0.4, 0.5) is 14.5 Å². The van der Waals surface area contributed by atoms with Crippen LogP contribution >= 0.6 is 11.6 Å². The van der Waals surface area contributed by atoms with E-state index < -0.39 is 23.4 Å². The lowest BCUT2D eigenvalue weighted by molar-refractivity contribution is -0.128. The highest BCUT2D eigenvalue weighted by atomic mass is 35.5. The highest BCUT2D eigenvalue weighted by molar-refractivity contribution is 6.30. The van der Waals surface area contributed by atoms with Crippen molar-refractivity contribution >= 4 is 35.0 Å². The third-order valence-corrected chi connectivity index (χ3v) is 8.93. The number of carbonyl (C=O) groups excluding carboxylic acids is 3. The SMILES string of the molecule is COc1cc(C(=O)N2CC3(C2)C(=O)N(CC2CCC(NC(=O)c4cc(Cl)cnc4C(F)F)CC2)c2ccccc23)ccn1. The number of fused-ring (bicyclic) bond motifs is 2. The number of pyridine rings is 2. The number of nitrogens with one attached hydrogen (secondary N) is 1. The molecule has 3 aromatic rings. The Bertz CT molecular complexity index is 1570. The van der Waals surface area contributed by atoms with Crippen LogP contribution in [0.1, 0.15) is 64.1 Å². The van der Waals surface area contributed by atoms with Crippen LogP contribution in [0.15, 0.2) is 54.9 Å². The fourth-order valence-corrected chi connectivity index (χ4v) is 6.64. The molecule has 0 radical (unpaired) electrons. The van der Waals surface area contributed by atoms with Crippen LogP contribution in [0.2, 0.25) is 5.02 Å². The predicted octanol–water partition coefficient (Wildman–Crippen LogP) is 4.81. The van der Waals surface area contributed by atoms with Crippen LogP contribution < -0.4 is 15.0 Å². The molecule has 43 heavy (non-hydrogen) atoms. The van der Waals surface area contributed by atoms with Gasteiger partial charge < -0.3 is 19.9 Å². The molecule has 4 heterocycles. The molecule has 12 heteroatoms. The van der Waals surface area contributed by atoms with Crippen molar-refractivity contribution in [3.63, 3.8) is 0 Å². The van der Waals surface area contributed by atoms with E-state index in [9.17, 15) is 23.2 Å². The molecule has 1 aliphatic carbocycles. The van der Waals surface area contributed by atoms with Gasteiger partial charge in [-0.1, -0.05) is 29.8 Å². The van der Waals surface area contributed by atoms with Gasteiger partial charge in [0.1, 0.15) is 11.1 Å². The van der Waals surface area contributed by atoms with Gasteiger partial charge >= 0.3 is 0 Å². The maximum atomic E-state index is 13.9. The minimum Gasteiger partial charge on any atom is -0.481 e. The summed E-state index contributed by atoms with van der Waals surface area (Å²) in [6.07, 6.45) is 2.56. The summed E-state index contributed by atoms with van der Waals surface area (Å²) >= 11 is 5.91. The molecule has 2 aliphatic heterocycles. The lowest BCUT2D eigenvalue weighted by Crippen LogP contribution is -2.65. The summed E-state index contributed by atoms with van der Waals surface area (Å²) in [6.45, 7) is 1.11. The number of rotatable bonds is 7. The number of halogens is 3. The standard InChI is InChI=1S/C31H30ClF2N5O4/c1-43-25-12-19(10-11-35-25)29(41)38-16-31(17-38)23-4-2-3-5-24(23)39(30(31)42)15-18-6-8-21(9-7-18)37-28(40)22-13-20(32)14-36-26(22)27(33)34/h2-5,10-14,18,21,27H,6-9,15-17H2,1H3,(H,37,40). The van der Waals surface area contributed by atoms with Crippen molar-refractivity contribution in [1.29, 1.82) is 0 Å². The molecule has 1 saturated heterocycles. The molecule has 0 unspecified atom stereocenters. The summed E-state index contributed by atoms with van der Waals surface area (Å²) in [6, 6.07) is 12.0. The summed E-state index contributed by atoms with van der Waals surface area (Å²) < 4.78 is 31.9. The molecule has 0 atom stereocenters. The number of hydrogen-bond donors (Lipinski definition) is 1. The molecule has 1 spiro atoms. The number of nitrogens with zero attached hydrogens (tertiary/aromatic N) is 4. The number of ether oxygens (including phenoxy) is 1. The van der Waals surface area contributed by atoms with Gasteiger partial charge in [0, 0.05) is 55.4 Å². The first-order chi connectivity index (χ1) is 20.7. The van der Waals surface area contributed by atoms with E-state index in [-0.39, 0.29) is 34.4 Å². The van der Waals surface area contributed by atoms with Gasteiger partial charge in [-0.15, -0.1) is 0 Å². The van der Waals surface area contributed by atoms with Crippen molar-refractivity contribution in [3.8, 4) is 5.88 Å². The van der Waals surface area contributed by atoms with Gasteiger partial charge in [0.15, 0.2) is 0 Å². The smallest absolute Gasteiger partial charge is 0.281 e. The van der Waals surface area contributed by atoms with Crippen molar-refractivity contribution in [2.75, 3.05) is 31.6 Å². The zero-order valence-electron chi connectivity index (χ0n) is 23.4. The Labute approximate surface area is 252 Å². The van der Waals surface area contributed by atoms with E-state index in [0.29, 0.717) is 43.9 Å². The first-order valence-corrected chi connectivity index (χ1v) is 14.5. The van der Waals surface area contributed by atoms with Crippen molar-refractivity contribution in [1.82, 2.24) is 20.2 Å². The molecule has 3 aliphatic rings. The van der Waals surface area contributed by atoms with Gasteiger partial charge in [-0.3, -0.25) is 19.4 Å². The minimum absolute atomic E-state index is 0.00605. The van der Waals surface area contributed by atoms with E-state index in [4.69, 9.17) is 16.3 Å². The van der Waals surface area contributed by atoms with Crippen LogP contribution in [0.5, 0.6) is 5.88 Å². The molecule has 9 nitrogen and oxygen atoms in total. The van der Waals surface area contributed by atoms with Crippen LogP contribution in [-0.4, -0.2) is 65.4 Å². The highest BCUT2D eigenvalue weighted by Crippen LogP contribution is 2.48. The van der Waals surface area contributed by atoms with Gasteiger partial charge in [-0.05, 0) is 55.4 Å². The summed E-state index contributed by atoms with van der Waals surface area (Å²) in [7, 11) is 1.49. The second-order valence-corrected chi connectivity index (χ2v) is 11.8. The number of para-hydroxylation sites is 1. The first kappa shape index (κ1) is 29.0. The molecule has 2 fully saturated rings. The maximum Gasteiger partial charge on any atom is 0.281 e. The highest BCUT2D eigenvalue weighted by Gasteiger charge is 2.59. The second-order valence-electron chi connectivity index (χ2n) is 11.3. The number of amides is 3. The first-order valence-electron chi connectivity index (χ1n) is 14.2. The number of hydrogen-bond acceptors (Lipinski definition) is 6. The number of alkyl halides is 2. The zero-order chi connectivity index (χ0) is 30.3. The quantitative estimate of drug-likeness (QED) is 0.412. The van der Waals surface area contributed by atoms with E-state index in [2.05, 4.69) is 15.3 Å². The lowest BCUT2D eigenvalue weighted by atomic mass is 9.74. The Morgan fingerprint density at radius 3 is 2.58 bits per heavy atom. The molecular weight excluding hydrogens is 580 g/mol. The maximum absolute atomic E-state index is 13.9. The van der Waals surface area contributed by atoms with Crippen molar-refractivity contribution in [2.24, 2.45) is 5.92 Å². The molecule has 2 aromatic heterocycles. The molecule has 6 rings (SSSR count). The van der Waals surface area contributed by atoms with E-state index in [1.807, 2.05) is 29.2 Å². The number of likely N-dealkylation sites (tertiary alicyclic amines) is 1. The number of anilines is 1. The predicted molar refractivity (Wildman–Crippen MR) is 155 cm³/mol. The van der Waals surface area contributed by atoms with Gasteiger partial charge in [0.25, 0.3) is 18.2 Å². The summed E-state index contributed by atoms with van der Waals surface area (Å²) in [5.41, 5.74) is 0.675. The fourth-order valence-electron chi connectivity index (χ4n) is 6.49. The van der Waals surface area contributed by atoms with Gasteiger partial charge in [0.05, 0.1) is 17.7 Å². The molecule has 3 amide bonds. The third-order valence-electron chi connectivity index (χ3n) is 8.72. The van der Waals surface area contributed by atoms with Crippen molar-refractivity contribution in [3.05, 3.63) is 82.3 Å². The van der Waals surface area contributed by atoms with E-state index >= 15 is 0 Å². The summed E-state index contributed by atoms with van der Waals surface area (Å²) in [5.74, 6) is -0.248. The number of carbonyl (C=O) groups is 3. The Morgan fingerprint density at radius 2 is 1.86 bits per heavy atom. The minimum atomic E-state index is -2.89. The van der Waals surface area contributed by atoms with Gasteiger partial charge in [0.2, 0.25) is 11.8 Å². The largest absolute Gasteiger partial charge is 0.481 e. The van der Waals surface area contributed by atoms with E-state index in [1.165, 1.54) is 19.4 Å². The van der Waals surface area contributed by atoms with Crippen LogP contribution in [0, 0.1) is 5.92 Å². The molecule has 1 N–H and O–H groups in total. The number of aromatic nitrogens is 2. The van der Waals surface area contributed by atoms with E-state index in [1.54, 1.807) is 17.0 Å². The normalized spacial score (nSPS) is 20.6. The van der Waals surface area contributed by atoms with Crippen LogP contribution in [0.3, 0.4) is 0 Å². The average Bonchev–Trinajstić information content (AvgIpc) is 3.24. The topological polar surface area (TPSA) is 105 Å². The average molecular weight is 610 g/mol. The molecule has 224 valence electrons. The molecule has 0 bridgehead atoms. The monoisotopic (exact) mass is 609 g/mol. The van der Waals surface area contributed by atoms with Crippen molar-refractivity contribution in [2.45, 2.75) is 43.6 Å².